The molecule has 11 heteroatoms. The second-order valence-corrected chi connectivity index (χ2v) is 9.45. The average molecular weight is 550 g/mol. The first-order valence-corrected chi connectivity index (χ1v) is 12.9. The highest BCUT2D eigenvalue weighted by atomic mass is 32.1. The molecule has 0 saturated heterocycles. The van der Waals surface area contributed by atoms with E-state index in [2.05, 4.69) is 20.0 Å². The van der Waals surface area contributed by atoms with E-state index in [1.807, 2.05) is 35.7 Å². The van der Waals surface area contributed by atoms with E-state index in [9.17, 15) is 14.4 Å². The Morgan fingerprint density at radius 2 is 1.61 bits per heavy atom. The number of fused-ring (bicyclic) bond motifs is 1. The molecule has 9 nitrogen and oxygen atoms in total. The molecule has 38 heavy (non-hydrogen) atoms. The summed E-state index contributed by atoms with van der Waals surface area (Å²) < 4.78 is 15.5. The quantitative estimate of drug-likeness (QED) is 0.270. The zero-order valence-corrected chi connectivity index (χ0v) is 22.3. The van der Waals surface area contributed by atoms with Gasteiger partial charge in [0.05, 0.1) is 32.5 Å². The Balaban J connectivity index is 0.000000178. The molecule has 3 aromatic heterocycles. The Labute approximate surface area is 225 Å². The number of rotatable bonds is 6. The molecule has 0 unspecified atom stereocenters. The number of thiophene rings is 2. The van der Waals surface area contributed by atoms with Crippen molar-refractivity contribution >= 4 is 50.5 Å². The summed E-state index contributed by atoms with van der Waals surface area (Å²) in [6.45, 7) is 0. The minimum atomic E-state index is -0.471. The van der Waals surface area contributed by atoms with Gasteiger partial charge in [0.2, 0.25) is 0 Å². The number of nitrogens with zero attached hydrogens (tertiary/aromatic N) is 1. The van der Waals surface area contributed by atoms with Crippen molar-refractivity contribution in [1.82, 2.24) is 9.97 Å². The third-order valence-corrected chi connectivity index (χ3v) is 7.07. The molecular formula is C27H23N3O6S2. The van der Waals surface area contributed by atoms with Crippen LogP contribution in [-0.4, -0.2) is 43.2 Å². The number of ether oxygens (including phenoxy) is 3. The summed E-state index contributed by atoms with van der Waals surface area (Å²) in [5.74, 6) is 1.11. The predicted molar refractivity (Wildman–Crippen MR) is 149 cm³/mol. The van der Waals surface area contributed by atoms with E-state index >= 15 is 0 Å². The van der Waals surface area contributed by atoms with E-state index in [1.54, 1.807) is 42.8 Å². The van der Waals surface area contributed by atoms with E-state index in [1.165, 1.54) is 36.9 Å². The van der Waals surface area contributed by atoms with E-state index in [0.29, 0.717) is 32.4 Å². The smallest absolute Gasteiger partial charge is 0.350 e. The fraction of sp³-hybridized carbons (Fsp3) is 0.111. The van der Waals surface area contributed by atoms with Gasteiger partial charge in [0.25, 0.3) is 11.5 Å². The fourth-order valence-corrected chi connectivity index (χ4v) is 4.89. The van der Waals surface area contributed by atoms with Crippen LogP contribution in [0.3, 0.4) is 0 Å². The fourth-order valence-electron chi connectivity index (χ4n) is 3.40. The third kappa shape index (κ3) is 6.07. The standard InChI is InChI=1S/C14H13NO4S.C13H10N2O2S/c1-18-10-5-3-4-9(8-10)13(16)15-11-6-7-20-12(11)14(17)19-2;1-17-9-4-2-3-8(7-9)12-14-10-5-6-18-11(10)13(16)15-12/h3-8H,1-2H3,(H,15,16);2-7H,1H3,(H,14,15,16). The van der Waals surface area contributed by atoms with Gasteiger partial charge in [0, 0.05) is 11.1 Å². The number of aromatic amines is 1. The van der Waals surface area contributed by atoms with E-state index in [0.717, 1.165) is 16.8 Å². The molecule has 2 N–H and O–H groups in total. The van der Waals surface area contributed by atoms with Gasteiger partial charge in [-0.2, -0.15) is 0 Å². The number of aromatic nitrogens is 2. The first kappa shape index (κ1) is 26.6. The molecule has 194 valence electrons. The normalized spacial score (nSPS) is 10.3. The highest BCUT2D eigenvalue weighted by Gasteiger charge is 2.16. The van der Waals surface area contributed by atoms with Gasteiger partial charge in [0.1, 0.15) is 26.9 Å². The van der Waals surface area contributed by atoms with Crippen LogP contribution in [0.2, 0.25) is 0 Å². The molecule has 0 fully saturated rings. The number of H-pyrrole nitrogens is 1. The Kier molecular flexibility index (Phi) is 8.51. The van der Waals surface area contributed by atoms with Crippen molar-refractivity contribution in [2.24, 2.45) is 0 Å². The van der Waals surface area contributed by atoms with Gasteiger partial charge >= 0.3 is 5.97 Å². The second kappa shape index (κ2) is 12.2. The zero-order valence-electron chi connectivity index (χ0n) is 20.6. The van der Waals surface area contributed by atoms with Crippen molar-refractivity contribution in [2.75, 3.05) is 26.6 Å². The van der Waals surface area contributed by atoms with Crippen LogP contribution in [0, 0.1) is 0 Å². The predicted octanol–water partition coefficient (Wildman–Crippen LogP) is 5.46. The molecule has 0 atom stereocenters. The molecule has 3 heterocycles. The van der Waals surface area contributed by atoms with Crippen LogP contribution >= 0.6 is 22.7 Å². The number of amides is 1. The van der Waals surface area contributed by atoms with Crippen molar-refractivity contribution in [3.05, 3.63) is 92.2 Å². The number of carbonyl (C=O) groups excluding carboxylic acids is 2. The maximum atomic E-state index is 12.1. The Hall–Kier alpha value is -4.48. The monoisotopic (exact) mass is 549 g/mol. The average Bonchev–Trinajstić information content (AvgIpc) is 3.63. The molecule has 5 aromatic rings. The minimum absolute atomic E-state index is 0.104. The summed E-state index contributed by atoms with van der Waals surface area (Å²) in [5.41, 5.74) is 2.34. The molecule has 5 rings (SSSR count). The van der Waals surface area contributed by atoms with Crippen molar-refractivity contribution in [3.63, 3.8) is 0 Å². The van der Waals surface area contributed by atoms with Crippen LogP contribution in [0.15, 0.2) is 76.2 Å². The molecule has 1 amide bonds. The summed E-state index contributed by atoms with van der Waals surface area (Å²) in [7, 11) is 4.44. The minimum Gasteiger partial charge on any atom is -0.497 e. The molecule has 0 aliphatic rings. The SMILES string of the molecule is COC(=O)c1sccc1NC(=O)c1cccc(OC)c1.COc1cccc(-c2nc3ccsc3c(=O)[nH]2)c1. The maximum Gasteiger partial charge on any atom is 0.350 e. The lowest BCUT2D eigenvalue weighted by Crippen LogP contribution is -2.14. The molecule has 0 spiro atoms. The van der Waals surface area contributed by atoms with Gasteiger partial charge in [-0.15, -0.1) is 22.7 Å². The first-order valence-electron chi connectivity index (χ1n) is 11.2. The Morgan fingerprint density at radius 3 is 2.34 bits per heavy atom. The molecule has 0 bridgehead atoms. The van der Waals surface area contributed by atoms with Crippen LogP contribution in [0.5, 0.6) is 11.5 Å². The highest BCUT2D eigenvalue weighted by Crippen LogP contribution is 2.25. The van der Waals surface area contributed by atoms with Gasteiger partial charge in [-0.1, -0.05) is 18.2 Å². The summed E-state index contributed by atoms with van der Waals surface area (Å²) in [6, 6.07) is 17.7. The zero-order chi connectivity index (χ0) is 27.1. The first-order chi connectivity index (χ1) is 18.4. The number of esters is 1. The molecular weight excluding hydrogens is 526 g/mol. The number of nitrogens with one attached hydrogen (secondary N) is 2. The largest absolute Gasteiger partial charge is 0.497 e. The van der Waals surface area contributed by atoms with Crippen molar-refractivity contribution in [1.29, 1.82) is 0 Å². The number of carbonyl (C=O) groups is 2. The van der Waals surface area contributed by atoms with Gasteiger partial charge in [-0.05, 0) is 53.2 Å². The summed E-state index contributed by atoms with van der Waals surface area (Å²) in [4.78, 5) is 43.1. The lowest BCUT2D eigenvalue weighted by molar-refractivity contribution is 0.0607. The van der Waals surface area contributed by atoms with Gasteiger partial charge in [-0.3, -0.25) is 9.59 Å². The molecule has 0 aliphatic heterocycles. The van der Waals surface area contributed by atoms with Crippen molar-refractivity contribution < 1.29 is 23.8 Å². The van der Waals surface area contributed by atoms with Crippen LogP contribution in [0.1, 0.15) is 20.0 Å². The van der Waals surface area contributed by atoms with Crippen molar-refractivity contribution in [3.8, 4) is 22.9 Å². The maximum absolute atomic E-state index is 12.1. The Morgan fingerprint density at radius 1 is 0.895 bits per heavy atom. The van der Waals surface area contributed by atoms with Crippen LogP contribution in [-0.2, 0) is 4.74 Å². The molecule has 2 aromatic carbocycles. The number of anilines is 1. The van der Waals surface area contributed by atoms with Gasteiger partial charge in [0.15, 0.2) is 0 Å². The van der Waals surface area contributed by atoms with Crippen LogP contribution < -0.4 is 20.3 Å². The molecule has 0 saturated carbocycles. The van der Waals surface area contributed by atoms with Gasteiger partial charge in [-0.25, -0.2) is 9.78 Å². The van der Waals surface area contributed by atoms with E-state index in [-0.39, 0.29) is 11.5 Å². The summed E-state index contributed by atoms with van der Waals surface area (Å²) >= 11 is 2.61. The third-order valence-electron chi connectivity index (χ3n) is 5.27. The van der Waals surface area contributed by atoms with Crippen molar-refractivity contribution in [2.45, 2.75) is 0 Å². The van der Waals surface area contributed by atoms with Crippen LogP contribution in [0.25, 0.3) is 21.6 Å². The van der Waals surface area contributed by atoms with E-state index in [4.69, 9.17) is 9.47 Å². The summed E-state index contributed by atoms with van der Waals surface area (Å²) in [5, 5.41) is 6.27. The summed E-state index contributed by atoms with van der Waals surface area (Å²) in [6.07, 6.45) is 0. The lowest BCUT2D eigenvalue weighted by Gasteiger charge is -2.06. The number of methoxy groups -OCH3 is 3. The van der Waals surface area contributed by atoms with Gasteiger partial charge < -0.3 is 24.5 Å². The number of hydrogen-bond donors (Lipinski definition) is 2. The Bertz CT molecular complexity index is 1640. The number of benzene rings is 2. The highest BCUT2D eigenvalue weighted by molar-refractivity contribution is 7.17. The second-order valence-electron chi connectivity index (χ2n) is 7.62. The molecule has 0 radical (unpaired) electrons. The van der Waals surface area contributed by atoms with E-state index < -0.39 is 5.97 Å². The molecule has 0 aliphatic carbocycles. The van der Waals surface area contributed by atoms with Crippen LogP contribution in [0.4, 0.5) is 5.69 Å². The lowest BCUT2D eigenvalue weighted by atomic mass is 10.2. The topological polar surface area (TPSA) is 120 Å². The number of hydrogen-bond acceptors (Lipinski definition) is 9.